The molecule has 2 aromatic rings. The molecule has 1 aliphatic carbocycles. The molecular formula is C54H76N3O16+. The number of carbonyl (C=O) groups excluding carboxylic acids is 2. The first-order valence-corrected chi connectivity index (χ1v) is 25.3. The number of aliphatic hydroxyl groups excluding tert-OH is 6. The van der Waals surface area contributed by atoms with Gasteiger partial charge >= 0.3 is 11.9 Å². The van der Waals surface area contributed by atoms with Crippen LogP contribution in [-0.4, -0.2) is 170 Å². The van der Waals surface area contributed by atoms with Crippen LogP contribution in [0.2, 0.25) is 0 Å². The second-order valence-corrected chi connectivity index (χ2v) is 20.8. The highest BCUT2D eigenvalue weighted by Gasteiger charge is 2.47. The number of allylic oxidation sites excluding steroid dienone is 4. The molecule has 11 unspecified atom stereocenters. The van der Waals surface area contributed by atoms with Crippen molar-refractivity contribution in [1.29, 1.82) is 0 Å². The maximum Gasteiger partial charge on any atom is 0.303 e. The summed E-state index contributed by atoms with van der Waals surface area (Å²) in [4.78, 5) is 49.2. The lowest BCUT2D eigenvalue weighted by Crippen LogP contribution is -2.60. The zero-order valence-corrected chi connectivity index (χ0v) is 42.7. The second-order valence-electron chi connectivity index (χ2n) is 20.8. The van der Waals surface area contributed by atoms with Crippen molar-refractivity contribution in [3.8, 4) is 0 Å². The van der Waals surface area contributed by atoms with Crippen LogP contribution in [0.3, 0.4) is 0 Å². The predicted octanol–water partition coefficient (Wildman–Crippen LogP) is 2.53. The molecule has 73 heavy (non-hydrogen) atoms. The molecule has 3 aliphatic heterocycles. The van der Waals surface area contributed by atoms with Gasteiger partial charge < -0.3 is 70.4 Å². The highest BCUT2D eigenvalue weighted by atomic mass is 16.7. The Morgan fingerprint density at radius 1 is 0.644 bits per heavy atom. The number of carboxylic acids is 2. The molecule has 3 heterocycles. The normalized spacial score (nSPS) is 28.8. The van der Waals surface area contributed by atoms with Crippen LogP contribution in [-0.2, 0) is 61.8 Å². The minimum atomic E-state index is -1.52. The molecule has 19 nitrogen and oxygen atoms in total. The molecule has 11 atom stereocenters. The number of amides is 2. The molecular weight excluding hydrogens is 947 g/mol. The maximum absolute atomic E-state index is 13.3. The smallest absolute Gasteiger partial charge is 0.303 e. The second kappa shape index (κ2) is 25.1. The Bertz CT molecular complexity index is 2380. The third-order valence-corrected chi connectivity index (χ3v) is 14.9. The number of carboxylic acid groups (broad SMARTS) is 2. The lowest BCUT2D eigenvalue weighted by atomic mass is 9.79. The lowest BCUT2D eigenvalue weighted by molar-refractivity contribution is -0.438. The summed E-state index contributed by atoms with van der Waals surface area (Å²) in [5.41, 5.74) is 6.85. The summed E-state index contributed by atoms with van der Waals surface area (Å²) in [6, 6.07) is 12.0. The van der Waals surface area contributed by atoms with Gasteiger partial charge in [-0.1, -0.05) is 68.7 Å². The maximum atomic E-state index is 13.3. The van der Waals surface area contributed by atoms with Gasteiger partial charge in [0.1, 0.15) is 55.4 Å². The number of unbranched alkanes of at least 4 members (excludes halogenated alkanes) is 4. The first-order valence-electron chi connectivity index (χ1n) is 25.3. The Morgan fingerprint density at radius 3 is 1.67 bits per heavy atom. The van der Waals surface area contributed by atoms with E-state index in [1.54, 1.807) is 0 Å². The monoisotopic (exact) mass is 1020 g/mol. The van der Waals surface area contributed by atoms with Gasteiger partial charge in [0.15, 0.2) is 18.3 Å². The number of nitrogens with zero attached hydrogens (tertiary/aromatic N) is 1. The summed E-state index contributed by atoms with van der Waals surface area (Å²) < 4.78 is 23.6. The van der Waals surface area contributed by atoms with Gasteiger partial charge in [0.25, 0.3) is 0 Å². The molecule has 19 heteroatoms. The standard InChI is InChI=1S/C54H75N3O16/c1-53(2)34(32(14-9-7-10-17-43(60)61)33-21-19-30(24-35(33)53)26-41(58)55-28-38-45(64)47(66)49(68)51(70-5)72-38)15-13-16-40-54(3,4)36-25-31(20-22-37(36)57(40)23-12-8-11-18-44(62)63)27-42(59)56-29-39-46(65)48(67)50(69)52(71-6)73-39/h13,15-16,19-22,24-25,32,38-39,45-52,64-69H,7-12,14,17-18,23,26-29H2,1-6H3,(H3-,55,56,58,59,60,61,62,63)/p+1. The fraction of sp³-hybridized carbons (Fsp3) is 0.611. The minimum Gasteiger partial charge on any atom is -0.481 e. The Balaban J connectivity index is 1.23. The first kappa shape index (κ1) is 57.4. The van der Waals surface area contributed by atoms with E-state index in [0.717, 1.165) is 70.5 Å². The fourth-order valence-corrected chi connectivity index (χ4v) is 10.8. The number of rotatable bonds is 24. The minimum absolute atomic E-state index is 0.00615. The zero-order valence-electron chi connectivity index (χ0n) is 42.7. The molecule has 0 saturated carbocycles. The number of aliphatic carboxylic acids is 2. The molecule has 2 saturated heterocycles. The number of hydrogen-bond acceptors (Lipinski definition) is 14. The van der Waals surface area contributed by atoms with Gasteiger partial charge in [0.05, 0.1) is 18.3 Å². The summed E-state index contributed by atoms with van der Waals surface area (Å²) in [7, 11) is 2.61. The Labute approximate surface area is 426 Å². The molecule has 0 bridgehead atoms. The van der Waals surface area contributed by atoms with E-state index in [0.29, 0.717) is 25.8 Å². The van der Waals surface area contributed by atoms with E-state index in [1.807, 2.05) is 24.3 Å². The highest BCUT2D eigenvalue weighted by Crippen LogP contribution is 2.52. The van der Waals surface area contributed by atoms with Crippen LogP contribution in [0, 0.1) is 0 Å². The van der Waals surface area contributed by atoms with E-state index < -0.39 is 84.2 Å². The number of fused-ring (bicyclic) bond motifs is 2. The van der Waals surface area contributed by atoms with Crippen molar-refractivity contribution in [3.05, 3.63) is 88.0 Å². The summed E-state index contributed by atoms with van der Waals surface area (Å²) in [5, 5.41) is 86.0. The number of benzene rings is 2. The molecule has 6 rings (SSSR count). The van der Waals surface area contributed by atoms with E-state index in [1.165, 1.54) is 14.2 Å². The van der Waals surface area contributed by atoms with Crippen LogP contribution in [0.25, 0.3) is 0 Å². The van der Waals surface area contributed by atoms with Crippen molar-refractivity contribution >= 4 is 35.2 Å². The van der Waals surface area contributed by atoms with Crippen molar-refractivity contribution in [2.45, 2.75) is 176 Å². The fourth-order valence-electron chi connectivity index (χ4n) is 10.8. The predicted molar refractivity (Wildman–Crippen MR) is 266 cm³/mol. The number of hydrogen-bond donors (Lipinski definition) is 10. The average Bonchev–Trinajstić information content (AvgIpc) is 3.68. The number of nitrogens with one attached hydrogen (secondary N) is 2. The molecule has 2 amide bonds. The number of ether oxygens (including phenoxy) is 4. The summed E-state index contributed by atoms with van der Waals surface area (Å²) in [5.74, 6) is -2.33. The zero-order chi connectivity index (χ0) is 53.4. The van der Waals surface area contributed by atoms with Crippen molar-refractivity contribution in [2.75, 3.05) is 33.9 Å². The quantitative estimate of drug-likeness (QED) is 0.0534. The third kappa shape index (κ3) is 13.5. The van der Waals surface area contributed by atoms with Gasteiger partial charge in [-0.2, -0.15) is 4.58 Å². The topological polar surface area (TPSA) is 294 Å². The van der Waals surface area contributed by atoms with E-state index in [2.05, 4.69) is 73.3 Å². The summed E-state index contributed by atoms with van der Waals surface area (Å²) >= 11 is 0. The number of aliphatic hydroxyl groups is 6. The molecule has 2 fully saturated rings. The summed E-state index contributed by atoms with van der Waals surface area (Å²) in [6.07, 6.45) is -1.73. The van der Waals surface area contributed by atoms with E-state index in [4.69, 9.17) is 18.9 Å². The number of methoxy groups -OCH3 is 2. The van der Waals surface area contributed by atoms with Crippen LogP contribution >= 0.6 is 0 Å². The van der Waals surface area contributed by atoms with E-state index in [-0.39, 0.29) is 56.5 Å². The van der Waals surface area contributed by atoms with Gasteiger partial charge in [-0.05, 0) is 67.9 Å². The third-order valence-electron chi connectivity index (χ3n) is 14.9. The average molecular weight is 1020 g/mol. The Hall–Kier alpha value is -4.93. The lowest BCUT2D eigenvalue weighted by Gasteiger charge is -2.39. The van der Waals surface area contributed by atoms with Crippen LogP contribution in [0.15, 0.2) is 60.2 Å². The van der Waals surface area contributed by atoms with Crippen molar-refractivity contribution in [2.24, 2.45) is 0 Å². The van der Waals surface area contributed by atoms with Crippen molar-refractivity contribution < 1.29 is 83.6 Å². The van der Waals surface area contributed by atoms with Gasteiger partial charge in [0, 0.05) is 75.6 Å². The van der Waals surface area contributed by atoms with E-state index in [9.17, 15) is 60.0 Å². The molecule has 402 valence electrons. The Morgan fingerprint density at radius 2 is 1.15 bits per heavy atom. The largest absolute Gasteiger partial charge is 0.481 e. The first-order chi connectivity index (χ1) is 34.6. The van der Waals surface area contributed by atoms with Gasteiger partial charge in [-0.3, -0.25) is 19.2 Å². The van der Waals surface area contributed by atoms with E-state index >= 15 is 0 Å². The molecule has 0 aromatic heterocycles. The molecule has 0 spiro atoms. The molecule has 0 radical (unpaired) electrons. The van der Waals surface area contributed by atoms with Crippen LogP contribution in [0.5, 0.6) is 0 Å². The number of carbonyl (C=O) groups is 4. The van der Waals surface area contributed by atoms with Crippen LogP contribution < -0.4 is 10.6 Å². The van der Waals surface area contributed by atoms with Crippen molar-refractivity contribution in [1.82, 2.24) is 10.6 Å². The molecule has 10 N–H and O–H groups in total. The van der Waals surface area contributed by atoms with Gasteiger partial charge in [-0.15, -0.1) is 0 Å². The SMILES string of the molecule is COC1OC(CNC(=O)Cc2ccc3c(c2)C(C)(C)C(=CC=CC2=[N+](CCCCCC(=O)O)c4ccc(CC(=O)NCC5OC(OC)C(O)C(O)C5O)cc4C2(C)C)C3CCCCCC(=O)O)C(O)C(O)C1O. The van der Waals surface area contributed by atoms with Gasteiger partial charge in [-0.25, -0.2) is 0 Å². The molecule has 2 aromatic carbocycles. The van der Waals surface area contributed by atoms with Crippen LogP contribution in [0.1, 0.15) is 119 Å². The van der Waals surface area contributed by atoms with Crippen molar-refractivity contribution in [3.63, 3.8) is 0 Å². The van der Waals surface area contributed by atoms with Crippen LogP contribution in [0.4, 0.5) is 5.69 Å². The highest BCUT2D eigenvalue weighted by molar-refractivity contribution is 6.03. The Kier molecular flexibility index (Phi) is 19.7. The van der Waals surface area contributed by atoms with Gasteiger partial charge in [0.2, 0.25) is 17.5 Å². The molecule has 4 aliphatic rings. The summed E-state index contributed by atoms with van der Waals surface area (Å²) in [6.45, 7) is 8.95.